The first kappa shape index (κ1) is 19.1. The Balaban J connectivity index is 1.68. The molecule has 3 aromatic rings. The molecule has 27 heavy (non-hydrogen) atoms. The molecule has 0 radical (unpaired) electrons. The summed E-state index contributed by atoms with van der Waals surface area (Å²) >= 11 is 7.23. The van der Waals surface area contributed by atoms with Crippen molar-refractivity contribution in [2.75, 3.05) is 18.3 Å². The van der Waals surface area contributed by atoms with Gasteiger partial charge in [-0.2, -0.15) is 0 Å². The van der Waals surface area contributed by atoms with Crippen molar-refractivity contribution in [3.63, 3.8) is 0 Å². The highest BCUT2D eigenvalue weighted by Crippen LogP contribution is 2.26. The van der Waals surface area contributed by atoms with Crippen LogP contribution in [0.25, 0.3) is 11.4 Å². The molecule has 0 fully saturated rings. The molecule has 0 spiro atoms. The molecule has 0 aliphatic heterocycles. The highest BCUT2D eigenvalue weighted by atomic mass is 35.5. The van der Waals surface area contributed by atoms with E-state index in [0.717, 1.165) is 11.3 Å². The van der Waals surface area contributed by atoms with Crippen molar-refractivity contribution in [3.05, 3.63) is 53.6 Å². The molecule has 2 aromatic carbocycles. The SMILES string of the molecule is COc1ccc(NC(=O)[C@H](C)Sc2nnc(-c3cccc(Cl)c3)n2N)cc1. The quantitative estimate of drug-likeness (QED) is 0.483. The first-order valence-electron chi connectivity index (χ1n) is 8.06. The van der Waals surface area contributed by atoms with Crippen molar-refractivity contribution < 1.29 is 9.53 Å². The Morgan fingerprint density at radius 3 is 2.67 bits per heavy atom. The van der Waals surface area contributed by atoms with Crippen LogP contribution in [0.15, 0.2) is 53.7 Å². The zero-order valence-corrected chi connectivity index (χ0v) is 16.3. The van der Waals surface area contributed by atoms with Crippen LogP contribution < -0.4 is 15.9 Å². The monoisotopic (exact) mass is 403 g/mol. The minimum atomic E-state index is -0.425. The number of methoxy groups -OCH3 is 1. The molecule has 1 amide bonds. The van der Waals surface area contributed by atoms with Crippen LogP contribution in [-0.2, 0) is 4.79 Å². The van der Waals surface area contributed by atoms with Crippen LogP contribution in [-0.4, -0.2) is 33.1 Å². The summed E-state index contributed by atoms with van der Waals surface area (Å²) in [5.41, 5.74) is 1.43. The van der Waals surface area contributed by atoms with Crippen LogP contribution in [0.4, 0.5) is 5.69 Å². The van der Waals surface area contributed by atoms with Crippen molar-refractivity contribution in [3.8, 4) is 17.1 Å². The number of hydrogen-bond acceptors (Lipinski definition) is 6. The van der Waals surface area contributed by atoms with Crippen molar-refractivity contribution in [2.45, 2.75) is 17.3 Å². The fourth-order valence-electron chi connectivity index (χ4n) is 2.31. The van der Waals surface area contributed by atoms with Gasteiger partial charge in [0.15, 0.2) is 5.82 Å². The van der Waals surface area contributed by atoms with E-state index < -0.39 is 5.25 Å². The topological polar surface area (TPSA) is 95.1 Å². The summed E-state index contributed by atoms with van der Waals surface area (Å²) in [6, 6.07) is 14.3. The molecule has 7 nitrogen and oxygen atoms in total. The zero-order valence-electron chi connectivity index (χ0n) is 14.7. The number of nitrogens with one attached hydrogen (secondary N) is 1. The molecule has 140 valence electrons. The van der Waals surface area contributed by atoms with E-state index >= 15 is 0 Å². The maximum absolute atomic E-state index is 12.4. The van der Waals surface area contributed by atoms with Gasteiger partial charge < -0.3 is 15.9 Å². The lowest BCUT2D eigenvalue weighted by atomic mass is 10.2. The number of amides is 1. The fraction of sp³-hybridized carbons (Fsp3) is 0.167. The van der Waals surface area contributed by atoms with Crippen LogP contribution >= 0.6 is 23.4 Å². The summed E-state index contributed by atoms with van der Waals surface area (Å²) < 4.78 is 6.46. The van der Waals surface area contributed by atoms with Gasteiger partial charge in [0.25, 0.3) is 0 Å². The van der Waals surface area contributed by atoms with E-state index in [2.05, 4.69) is 15.5 Å². The molecule has 0 bridgehead atoms. The number of halogens is 1. The predicted molar refractivity (Wildman–Crippen MR) is 108 cm³/mol. The Kier molecular flexibility index (Phi) is 5.88. The van der Waals surface area contributed by atoms with Gasteiger partial charge in [-0.1, -0.05) is 35.5 Å². The van der Waals surface area contributed by atoms with Crippen LogP contribution in [0.5, 0.6) is 5.75 Å². The lowest BCUT2D eigenvalue weighted by molar-refractivity contribution is -0.115. The van der Waals surface area contributed by atoms with E-state index in [1.807, 2.05) is 12.1 Å². The number of nitrogen functional groups attached to an aromatic ring is 1. The molecule has 1 atom stereocenters. The Hall–Kier alpha value is -2.71. The fourth-order valence-corrected chi connectivity index (χ4v) is 3.27. The number of carbonyl (C=O) groups excluding carboxylic acids is 1. The van der Waals surface area contributed by atoms with E-state index in [0.29, 0.717) is 21.7 Å². The van der Waals surface area contributed by atoms with E-state index in [4.69, 9.17) is 22.2 Å². The zero-order chi connectivity index (χ0) is 19.4. The van der Waals surface area contributed by atoms with Crippen molar-refractivity contribution >= 4 is 35.0 Å². The predicted octanol–water partition coefficient (Wildman–Crippen LogP) is 3.44. The third-order valence-corrected chi connectivity index (χ3v) is 5.05. The summed E-state index contributed by atoms with van der Waals surface area (Å²) in [5.74, 6) is 7.13. The maximum Gasteiger partial charge on any atom is 0.237 e. The second kappa shape index (κ2) is 8.32. The Bertz CT molecular complexity index is 945. The summed E-state index contributed by atoms with van der Waals surface area (Å²) in [6.07, 6.45) is 0. The Morgan fingerprint density at radius 2 is 2.00 bits per heavy atom. The molecule has 3 N–H and O–H groups in total. The number of ether oxygens (including phenoxy) is 1. The van der Waals surface area contributed by atoms with Crippen molar-refractivity contribution in [1.29, 1.82) is 0 Å². The molecule has 3 rings (SSSR count). The maximum atomic E-state index is 12.4. The van der Waals surface area contributed by atoms with Crippen molar-refractivity contribution in [2.24, 2.45) is 0 Å². The second-order valence-electron chi connectivity index (χ2n) is 5.66. The third-order valence-electron chi connectivity index (χ3n) is 3.76. The minimum Gasteiger partial charge on any atom is -0.497 e. The van der Waals surface area contributed by atoms with Crippen LogP contribution in [0.2, 0.25) is 5.02 Å². The first-order chi connectivity index (χ1) is 13.0. The lowest BCUT2D eigenvalue weighted by Crippen LogP contribution is -2.23. The molecule has 0 aliphatic rings. The third kappa shape index (κ3) is 4.53. The van der Waals surface area contributed by atoms with E-state index in [9.17, 15) is 4.79 Å². The summed E-state index contributed by atoms with van der Waals surface area (Å²) in [7, 11) is 1.59. The van der Waals surface area contributed by atoms with E-state index in [1.54, 1.807) is 50.4 Å². The Morgan fingerprint density at radius 1 is 1.26 bits per heavy atom. The summed E-state index contributed by atoms with van der Waals surface area (Å²) in [5, 5.41) is 11.6. The Labute approximate surface area is 165 Å². The van der Waals surface area contributed by atoms with Gasteiger partial charge in [-0.3, -0.25) is 4.79 Å². The standard InChI is InChI=1S/C18H18ClN5O2S/c1-11(17(25)21-14-6-8-15(26-2)9-7-14)27-18-23-22-16(24(18)20)12-4-3-5-13(19)10-12/h3-11H,20H2,1-2H3,(H,21,25)/t11-/m0/s1. The van der Waals surface area contributed by atoms with Gasteiger partial charge >= 0.3 is 0 Å². The van der Waals surface area contributed by atoms with Crippen LogP contribution in [0.1, 0.15) is 6.92 Å². The number of aromatic nitrogens is 3. The van der Waals surface area contributed by atoms with Crippen LogP contribution in [0.3, 0.4) is 0 Å². The molecule has 0 aliphatic carbocycles. The number of nitrogens with zero attached hydrogens (tertiary/aromatic N) is 3. The van der Waals surface area contributed by atoms with Gasteiger partial charge in [0, 0.05) is 16.3 Å². The normalized spacial score (nSPS) is 11.8. The van der Waals surface area contributed by atoms with Crippen LogP contribution in [0, 0.1) is 0 Å². The molecule has 0 saturated carbocycles. The molecule has 0 unspecified atom stereocenters. The average Bonchev–Trinajstić information content (AvgIpc) is 3.02. The van der Waals surface area contributed by atoms with Gasteiger partial charge in [-0.25, -0.2) is 4.68 Å². The number of anilines is 1. The van der Waals surface area contributed by atoms with Gasteiger partial charge in [0.05, 0.1) is 12.4 Å². The minimum absolute atomic E-state index is 0.169. The van der Waals surface area contributed by atoms with Gasteiger partial charge in [0.1, 0.15) is 5.75 Å². The van der Waals surface area contributed by atoms with Crippen molar-refractivity contribution in [1.82, 2.24) is 14.9 Å². The highest BCUT2D eigenvalue weighted by molar-refractivity contribution is 8.00. The molecular weight excluding hydrogens is 386 g/mol. The number of hydrogen-bond donors (Lipinski definition) is 2. The second-order valence-corrected chi connectivity index (χ2v) is 7.41. The molecule has 1 aromatic heterocycles. The molecule has 9 heteroatoms. The smallest absolute Gasteiger partial charge is 0.237 e. The summed E-state index contributed by atoms with van der Waals surface area (Å²) in [4.78, 5) is 12.4. The number of thioether (sulfide) groups is 1. The first-order valence-corrected chi connectivity index (χ1v) is 9.31. The number of nitrogens with two attached hydrogens (primary N) is 1. The molecular formula is C18H18ClN5O2S. The largest absolute Gasteiger partial charge is 0.497 e. The summed E-state index contributed by atoms with van der Waals surface area (Å²) in [6.45, 7) is 1.78. The van der Waals surface area contributed by atoms with Gasteiger partial charge in [-0.05, 0) is 43.3 Å². The molecule has 0 saturated heterocycles. The lowest BCUT2D eigenvalue weighted by Gasteiger charge is -2.12. The average molecular weight is 404 g/mol. The van der Waals surface area contributed by atoms with E-state index in [1.165, 1.54) is 16.4 Å². The number of benzene rings is 2. The number of rotatable bonds is 6. The van der Waals surface area contributed by atoms with Gasteiger partial charge in [-0.15, -0.1) is 10.2 Å². The van der Waals surface area contributed by atoms with Gasteiger partial charge in [0.2, 0.25) is 11.1 Å². The highest BCUT2D eigenvalue weighted by Gasteiger charge is 2.20. The van der Waals surface area contributed by atoms with E-state index in [-0.39, 0.29) is 5.91 Å². The number of carbonyl (C=O) groups is 1. The molecule has 1 heterocycles.